The van der Waals surface area contributed by atoms with E-state index in [-0.39, 0.29) is 36.8 Å². The van der Waals surface area contributed by atoms with E-state index in [1.165, 1.54) is 22.2 Å². The molecule has 1 aromatic carbocycles. The van der Waals surface area contributed by atoms with Crippen LogP contribution in [0.2, 0.25) is 5.02 Å². The highest BCUT2D eigenvalue weighted by atomic mass is 35.5. The summed E-state index contributed by atoms with van der Waals surface area (Å²) in [5.74, 6) is -1.32. The molecular weight excluding hydrogens is 446 g/mol. The summed E-state index contributed by atoms with van der Waals surface area (Å²) in [5, 5.41) is 6.66. The summed E-state index contributed by atoms with van der Waals surface area (Å²) in [7, 11) is -2.48. The van der Waals surface area contributed by atoms with E-state index in [2.05, 4.69) is 10.4 Å². The molecule has 1 aromatic heterocycles. The average molecular weight is 470 g/mol. The van der Waals surface area contributed by atoms with Crippen molar-refractivity contribution in [1.29, 1.82) is 0 Å². The van der Waals surface area contributed by atoms with Crippen molar-refractivity contribution in [2.75, 3.05) is 44.2 Å². The van der Waals surface area contributed by atoms with Gasteiger partial charge in [-0.1, -0.05) is 17.7 Å². The third kappa shape index (κ3) is 5.35. The number of hydrogen-bond acceptors (Lipinski definition) is 7. The van der Waals surface area contributed by atoms with Crippen molar-refractivity contribution in [2.45, 2.75) is 11.9 Å². The summed E-state index contributed by atoms with van der Waals surface area (Å²) >= 11 is 6.05. The molecule has 10 nitrogen and oxygen atoms in total. The number of nitrogens with zero attached hydrogens (tertiary/aromatic N) is 4. The van der Waals surface area contributed by atoms with Crippen molar-refractivity contribution in [3.8, 4) is 0 Å². The minimum absolute atomic E-state index is 0.121. The zero-order chi connectivity index (χ0) is 22.6. The molecule has 1 fully saturated rings. The first kappa shape index (κ1) is 23.0. The first-order chi connectivity index (χ1) is 14.7. The van der Waals surface area contributed by atoms with Crippen LogP contribution in [0.1, 0.15) is 17.3 Å². The second kappa shape index (κ2) is 9.67. The number of benzene rings is 1. The van der Waals surface area contributed by atoms with Crippen LogP contribution in [0.5, 0.6) is 0 Å². The summed E-state index contributed by atoms with van der Waals surface area (Å²) in [5.41, 5.74) is 0.797. The van der Waals surface area contributed by atoms with E-state index < -0.39 is 21.9 Å². The molecule has 2 heterocycles. The van der Waals surface area contributed by atoms with Gasteiger partial charge in [-0.05, 0) is 25.1 Å². The molecule has 12 heteroatoms. The van der Waals surface area contributed by atoms with Crippen molar-refractivity contribution >= 4 is 39.2 Å². The second-order valence-electron chi connectivity index (χ2n) is 6.88. The predicted molar refractivity (Wildman–Crippen MR) is 115 cm³/mol. The largest absolute Gasteiger partial charge is 0.465 e. The third-order valence-corrected chi connectivity index (χ3v) is 6.80. The Morgan fingerprint density at radius 1 is 1.23 bits per heavy atom. The van der Waals surface area contributed by atoms with Crippen LogP contribution in [-0.2, 0) is 26.6 Å². The minimum Gasteiger partial charge on any atom is -0.465 e. The molecule has 1 aliphatic heterocycles. The number of sulfonamides is 1. The van der Waals surface area contributed by atoms with Gasteiger partial charge in [0.2, 0.25) is 5.03 Å². The van der Waals surface area contributed by atoms with E-state index in [1.54, 1.807) is 13.0 Å². The summed E-state index contributed by atoms with van der Waals surface area (Å²) in [6, 6.07) is 7.37. The van der Waals surface area contributed by atoms with Crippen LogP contribution < -0.4 is 10.2 Å². The zero-order valence-electron chi connectivity index (χ0n) is 17.2. The molecule has 0 aliphatic carbocycles. The fourth-order valence-electron chi connectivity index (χ4n) is 3.26. The maximum absolute atomic E-state index is 13.2. The highest BCUT2D eigenvalue weighted by molar-refractivity contribution is 7.89. The number of aromatic nitrogens is 2. The van der Waals surface area contributed by atoms with Crippen LogP contribution in [0.25, 0.3) is 0 Å². The van der Waals surface area contributed by atoms with Crippen LogP contribution in [0, 0.1) is 0 Å². The lowest BCUT2D eigenvalue weighted by molar-refractivity contribution is -0.141. The fraction of sp³-hybridized carbons (Fsp3) is 0.421. The highest BCUT2D eigenvalue weighted by Crippen LogP contribution is 2.24. The van der Waals surface area contributed by atoms with E-state index in [0.29, 0.717) is 18.1 Å². The number of ether oxygens (including phenoxy) is 1. The van der Waals surface area contributed by atoms with Crippen molar-refractivity contribution in [1.82, 2.24) is 19.4 Å². The summed E-state index contributed by atoms with van der Waals surface area (Å²) in [6.45, 7) is 2.87. The van der Waals surface area contributed by atoms with E-state index in [1.807, 2.05) is 23.1 Å². The maximum Gasteiger partial charge on any atom is 0.325 e. The molecule has 0 radical (unpaired) electrons. The van der Waals surface area contributed by atoms with Crippen molar-refractivity contribution in [2.24, 2.45) is 7.05 Å². The highest BCUT2D eigenvalue weighted by Gasteiger charge is 2.34. The number of amides is 1. The van der Waals surface area contributed by atoms with Gasteiger partial charge in [0.25, 0.3) is 15.9 Å². The van der Waals surface area contributed by atoms with Gasteiger partial charge in [-0.25, -0.2) is 8.42 Å². The molecule has 0 spiro atoms. The number of aryl methyl sites for hydroxylation is 1. The van der Waals surface area contributed by atoms with Crippen molar-refractivity contribution in [3.63, 3.8) is 0 Å². The maximum atomic E-state index is 13.2. The Balaban J connectivity index is 1.72. The summed E-state index contributed by atoms with van der Waals surface area (Å²) in [4.78, 5) is 26.0. The smallest absolute Gasteiger partial charge is 0.325 e. The first-order valence-corrected chi connectivity index (χ1v) is 11.5. The Hall–Kier alpha value is -2.63. The van der Waals surface area contributed by atoms with Crippen molar-refractivity contribution < 1.29 is 22.7 Å². The molecule has 0 saturated carbocycles. The first-order valence-electron chi connectivity index (χ1n) is 9.70. The van der Waals surface area contributed by atoms with E-state index in [4.69, 9.17) is 16.3 Å². The van der Waals surface area contributed by atoms with Gasteiger partial charge >= 0.3 is 5.97 Å². The molecule has 31 heavy (non-hydrogen) atoms. The number of halogens is 1. The molecular formula is C19H24ClN5O5S. The van der Waals surface area contributed by atoms with Gasteiger partial charge in [0.1, 0.15) is 6.54 Å². The zero-order valence-corrected chi connectivity index (χ0v) is 18.8. The Bertz CT molecular complexity index is 1060. The monoisotopic (exact) mass is 469 g/mol. The molecule has 1 N–H and O–H groups in total. The Morgan fingerprint density at radius 2 is 1.94 bits per heavy atom. The Morgan fingerprint density at radius 3 is 2.58 bits per heavy atom. The van der Waals surface area contributed by atoms with Gasteiger partial charge in [0, 0.05) is 50.1 Å². The quantitative estimate of drug-likeness (QED) is 0.598. The Kier molecular flexibility index (Phi) is 7.19. The molecule has 1 amide bonds. The third-order valence-electron chi connectivity index (χ3n) is 4.73. The molecule has 2 aromatic rings. The summed E-state index contributed by atoms with van der Waals surface area (Å²) in [6.07, 6.45) is 1.32. The number of carbonyl (C=O) groups is 2. The van der Waals surface area contributed by atoms with Crippen LogP contribution in [0.3, 0.4) is 0 Å². The number of anilines is 1. The van der Waals surface area contributed by atoms with Crippen LogP contribution in [0.15, 0.2) is 35.5 Å². The second-order valence-corrected chi connectivity index (χ2v) is 9.17. The normalized spacial score (nSPS) is 15.0. The van der Waals surface area contributed by atoms with Gasteiger partial charge in [0.15, 0.2) is 0 Å². The number of nitrogens with one attached hydrogen (secondary N) is 1. The number of esters is 1. The SMILES string of the molecule is CCOC(=O)CNC(=O)c1cn(C)nc1S(=O)(=O)N1CCN(c2cccc(Cl)c2)CC1. The van der Waals surface area contributed by atoms with Crippen molar-refractivity contribution in [3.05, 3.63) is 41.0 Å². The van der Waals surface area contributed by atoms with Gasteiger partial charge in [-0.15, -0.1) is 0 Å². The van der Waals surface area contributed by atoms with Crippen LogP contribution in [0.4, 0.5) is 5.69 Å². The molecule has 168 valence electrons. The van der Waals surface area contributed by atoms with Crippen LogP contribution >= 0.6 is 11.6 Å². The predicted octanol–water partition coefficient (Wildman–Crippen LogP) is 0.877. The Labute approximate surface area is 185 Å². The molecule has 1 saturated heterocycles. The van der Waals surface area contributed by atoms with Gasteiger partial charge in [-0.2, -0.15) is 9.40 Å². The molecule has 1 aliphatic rings. The van der Waals surface area contributed by atoms with Crippen LogP contribution in [-0.4, -0.2) is 73.7 Å². The number of rotatable bonds is 7. The average Bonchev–Trinajstić information content (AvgIpc) is 3.15. The molecule has 3 rings (SSSR count). The van der Waals surface area contributed by atoms with E-state index in [0.717, 1.165) is 5.69 Å². The lowest BCUT2D eigenvalue weighted by atomic mass is 10.2. The molecule has 0 atom stereocenters. The number of hydrogen-bond donors (Lipinski definition) is 1. The summed E-state index contributed by atoms with van der Waals surface area (Å²) < 4.78 is 33.7. The number of piperazine rings is 1. The lowest BCUT2D eigenvalue weighted by Crippen LogP contribution is -2.49. The van der Waals surface area contributed by atoms with Gasteiger partial charge in [0.05, 0.1) is 12.2 Å². The molecule has 0 unspecified atom stereocenters. The topological polar surface area (TPSA) is 114 Å². The van der Waals surface area contributed by atoms with Gasteiger partial charge < -0.3 is 15.0 Å². The van der Waals surface area contributed by atoms with E-state index in [9.17, 15) is 18.0 Å². The number of carbonyl (C=O) groups excluding carboxylic acids is 2. The lowest BCUT2D eigenvalue weighted by Gasteiger charge is -2.35. The molecule has 0 bridgehead atoms. The van der Waals surface area contributed by atoms with E-state index >= 15 is 0 Å². The fourth-order valence-corrected chi connectivity index (χ4v) is 4.98. The van der Waals surface area contributed by atoms with Gasteiger partial charge in [-0.3, -0.25) is 14.3 Å². The standard InChI is InChI=1S/C19H24ClN5O5S/c1-3-30-17(26)12-21-18(27)16-13-23(2)22-19(16)31(28,29)25-9-7-24(8-10-25)15-6-4-5-14(20)11-15/h4-6,11,13H,3,7-10,12H2,1-2H3,(H,21,27). The minimum atomic E-state index is -4.01.